The minimum atomic E-state index is -0.847. The second-order valence-corrected chi connectivity index (χ2v) is 4.52. The number of carbonyl (C=O) groups is 1. The number of carbonyl (C=O) groups excluding carboxylic acids is 1. The normalized spacial score (nSPS) is 14.6. The van der Waals surface area contributed by atoms with Crippen molar-refractivity contribution >= 4 is 5.91 Å². The Morgan fingerprint density at radius 3 is 2.72 bits per heavy atom. The molecule has 0 unspecified atom stereocenters. The van der Waals surface area contributed by atoms with Crippen molar-refractivity contribution < 1.29 is 13.6 Å². The van der Waals surface area contributed by atoms with Crippen LogP contribution in [0.5, 0.6) is 0 Å². The monoisotopic (exact) mass is 254 g/mol. The second kappa shape index (κ2) is 5.91. The highest BCUT2D eigenvalue weighted by molar-refractivity contribution is 5.76. The van der Waals surface area contributed by atoms with Crippen LogP contribution in [0, 0.1) is 11.6 Å². The molecule has 0 heterocycles. The van der Waals surface area contributed by atoms with Gasteiger partial charge < -0.3 is 10.6 Å². The molecule has 1 amide bonds. The predicted octanol–water partition coefficient (Wildman–Crippen LogP) is 1.72. The van der Waals surface area contributed by atoms with Crippen molar-refractivity contribution in [3.8, 4) is 0 Å². The summed E-state index contributed by atoms with van der Waals surface area (Å²) in [7, 11) is 0. The Bertz CT molecular complexity index is 433. The second-order valence-electron chi connectivity index (χ2n) is 4.52. The summed E-state index contributed by atoms with van der Waals surface area (Å²) < 4.78 is 25.6. The van der Waals surface area contributed by atoms with E-state index < -0.39 is 11.6 Å². The molecule has 98 valence electrons. The maximum absolute atomic E-state index is 12.9. The largest absolute Gasteiger partial charge is 0.353 e. The van der Waals surface area contributed by atoms with Crippen molar-refractivity contribution in [1.82, 2.24) is 10.6 Å². The fourth-order valence-corrected chi connectivity index (χ4v) is 1.61. The molecule has 1 aliphatic rings. The van der Waals surface area contributed by atoms with E-state index in [0.717, 1.165) is 25.0 Å². The van der Waals surface area contributed by atoms with Gasteiger partial charge in [0.15, 0.2) is 11.6 Å². The van der Waals surface area contributed by atoms with E-state index in [0.29, 0.717) is 31.1 Å². The standard InChI is InChI=1S/C13H16F2N2O/c14-11-4-1-9(7-12(11)15)8-16-6-5-13(18)17-10-2-3-10/h1,4,7,10,16H,2-3,5-6,8H2,(H,17,18). The minimum absolute atomic E-state index is 0.0373. The molecule has 2 rings (SSSR count). The summed E-state index contributed by atoms with van der Waals surface area (Å²) in [6, 6.07) is 4.16. The lowest BCUT2D eigenvalue weighted by Gasteiger charge is -2.06. The van der Waals surface area contributed by atoms with E-state index in [9.17, 15) is 13.6 Å². The summed E-state index contributed by atoms with van der Waals surface area (Å²) >= 11 is 0. The van der Waals surface area contributed by atoms with E-state index in [1.54, 1.807) is 0 Å². The van der Waals surface area contributed by atoms with Gasteiger partial charge in [-0.1, -0.05) is 6.07 Å². The van der Waals surface area contributed by atoms with Crippen molar-refractivity contribution in [1.29, 1.82) is 0 Å². The molecule has 0 saturated heterocycles. The maximum atomic E-state index is 12.9. The molecular weight excluding hydrogens is 238 g/mol. The summed E-state index contributed by atoms with van der Waals surface area (Å²) in [4.78, 5) is 11.3. The Morgan fingerprint density at radius 1 is 1.28 bits per heavy atom. The molecule has 5 heteroatoms. The smallest absolute Gasteiger partial charge is 0.221 e. The van der Waals surface area contributed by atoms with Crippen molar-refractivity contribution in [2.24, 2.45) is 0 Å². The Labute approximate surface area is 105 Å². The summed E-state index contributed by atoms with van der Waals surface area (Å²) in [5, 5.41) is 5.90. The molecule has 0 bridgehead atoms. The highest BCUT2D eigenvalue weighted by atomic mass is 19.2. The number of nitrogens with one attached hydrogen (secondary N) is 2. The molecule has 0 spiro atoms. The molecule has 0 atom stereocenters. The molecule has 0 aliphatic heterocycles. The average molecular weight is 254 g/mol. The topological polar surface area (TPSA) is 41.1 Å². The first-order valence-corrected chi connectivity index (χ1v) is 6.09. The summed E-state index contributed by atoms with van der Waals surface area (Å²) in [6.45, 7) is 0.950. The Morgan fingerprint density at radius 2 is 2.06 bits per heavy atom. The summed E-state index contributed by atoms with van der Waals surface area (Å²) in [5.41, 5.74) is 0.663. The molecule has 2 N–H and O–H groups in total. The van der Waals surface area contributed by atoms with E-state index >= 15 is 0 Å². The number of amides is 1. The van der Waals surface area contributed by atoms with Gasteiger partial charge in [0.25, 0.3) is 0 Å². The van der Waals surface area contributed by atoms with Crippen LogP contribution in [-0.2, 0) is 11.3 Å². The minimum Gasteiger partial charge on any atom is -0.353 e. The van der Waals surface area contributed by atoms with Crippen LogP contribution in [-0.4, -0.2) is 18.5 Å². The SMILES string of the molecule is O=C(CCNCc1ccc(F)c(F)c1)NC1CC1. The van der Waals surface area contributed by atoms with Gasteiger partial charge in [0, 0.05) is 25.6 Å². The van der Waals surface area contributed by atoms with Crippen molar-refractivity contribution in [3.05, 3.63) is 35.4 Å². The number of hydrogen-bond acceptors (Lipinski definition) is 2. The Kier molecular flexibility index (Phi) is 4.25. The Hall–Kier alpha value is -1.49. The van der Waals surface area contributed by atoms with Gasteiger partial charge in [-0.05, 0) is 30.5 Å². The number of halogens is 2. The zero-order valence-electron chi connectivity index (χ0n) is 10.0. The molecule has 18 heavy (non-hydrogen) atoms. The van der Waals surface area contributed by atoms with E-state index in [2.05, 4.69) is 10.6 Å². The van der Waals surface area contributed by atoms with Crippen LogP contribution >= 0.6 is 0 Å². The molecule has 1 aliphatic carbocycles. The van der Waals surface area contributed by atoms with Gasteiger partial charge in [-0.25, -0.2) is 8.78 Å². The highest BCUT2D eigenvalue weighted by Crippen LogP contribution is 2.18. The molecule has 1 aromatic carbocycles. The Balaban J connectivity index is 1.64. The fourth-order valence-electron chi connectivity index (χ4n) is 1.61. The van der Waals surface area contributed by atoms with E-state index in [1.165, 1.54) is 6.07 Å². The first-order valence-electron chi connectivity index (χ1n) is 6.09. The van der Waals surface area contributed by atoms with Gasteiger partial charge in [-0.15, -0.1) is 0 Å². The average Bonchev–Trinajstić information content (AvgIpc) is 3.13. The van der Waals surface area contributed by atoms with Gasteiger partial charge >= 0.3 is 0 Å². The van der Waals surface area contributed by atoms with Gasteiger partial charge in [-0.3, -0.25) is 4.79 Å². The van der Waals surface area contributed by atoms with Crippen molar-refractivity contribution in [3.63, 3.8) is 0 Å². The number of hydrogen-bond donors (Lipinski definition) is 2. The van der Waals surface area contributed by atoms with Crippen LogP contribution in [0.2, 0.25) is 0 Å². The third-order valence-electron chi connectivity index (χ3n) is 2.78. The third-order valence-corrected chi connectivity index (χ3v) is 2.78. The summed E-state index contributed by atoms with van der Waals surface area (Å²) in [5.74, 6) is -1.65. The van der Waals surface area contributed by atoms with Crippen LogP contribution in [0.15, 0.2) is 18.2 Å². The van der Waals surface area contributed by atoms with Gasteiger partial charge in [0.2, 0.25) is 5.91 Å². The fraction of sp³-hybridized carbons (Fsp3) is 0.462. The zero-order chi connectivity index (χ0) is 13.0. The van der Waals surface area contributed by atoms with Crippen LogP contribution in [0.3, 0.4) is 0 Å². The van der Waals surface area contributed by atoms with E-state index in [-0.39, 0.29) is 5.91 Å². The van der Waals surface area contributed by atoms with Gasteiger partial charge in [0.05, 0.1) is 0 Å². The molecule has 3 nitrogen and oxygen atoms in total. The summed E-state index contributed by atoms with van der Waals surface area (Å²) in [6.07, 6.45) is 2.56. The van der Waals surface area contributed by atoms with Crippen LogP contribution in [0.4, 0.5) is 8.78 Å². The predicted molar refractivity (Wildman–Crippen MR) is 63.8 cm³/mol. The van der Waals surface area contributed by atoms with Crippen LogP contribution in [0.25, 0.3) is 0 Å². The van der Waals surface area contributed by atoms with Crippen molar-refractivity contribution in [2.75, 3.05) is 6.54 Å². The van der Waals surface area contributed by atoms with E-state index in [1.807, 2.05) is 0 Å². The van der Waals surface area contributed by atoms with Gasteiger partial charge in [0.1, 0.15) is 0 Å². The maximum Gasteiger partial charge on any atom is 0.221 e. The molecule has 1 saturated carbocycles. The molecule has 1 aromatic rings. The molecule has 1 fully saturated rings. The zero-order valence-corrected chi connectivity index (χ0v) is 10.0. The molecule has 0 radical (unpaired) electrons. The van der Waals surface area contributed by atoms with Crippen LogP contribution < -0.4 is 10.6 Å². The number of benzene rings is 1. The van der Waals surface area contributed by atoms with Gasteiger partial charge in [-0.2, -0.15) is 0 Å². The lowest BCUT2D eigenvalue weighted by atomic mass is 10.2. The highest BCUT2D eigenvalue weighted by Gasteiger charge is 2.22. The third kappa shape index (κ3) is 4.07. The lowest BCUT2D eigenvalue weighted by Crippen LogP contribution is -2.29. The lowest BCUT2D eigenvalue weighted by molar-refractivity contribution is -0.121. The van der Waals surface area contributed by atoms with Crippen molar-refractivity contribution in [2.45, 2.75) is 31.8 Å². The van der Waals surface area contributed by atoms with Crippen LogP contribution in [0.1, 0.15) is 24.8 Å². The molecular formula is C13H16F2N2O. The first-order chi connectivity index (χ1) is 8.65. The van der Waals surface area contributed by atoms with E-state index in [4.69, 9.17) is 0 Å². The quantitative estimate of drug-likeness (QED) is 0.759. The molecule has 0 aromatic heterocycles. The first kappa shape index (κ1) is 13.0. The number of rotatable bonds is 6.